The molecule has 1 fully saturated rings. The smallest absolute Gasteiger partial charge is 0.0729 e. The van der Waals surface area contributed by atoms with Gasteiger partial charge >= 0.3 is 0 Å². The highest BCUT2D eigenvalue weighted by Gasteiger charge is 2.21. The number of piperidine rings is 1. The van der Waals surface area contributed by atoms with Gasteiger partial charge in [-0.25, -0.2) is 0 Å². The summed E-state index contributed by atoms with van der Waals surface area (Å²) in [6.07, 6.45) is 5.18. The first-order valence-corrected chi connectivity index (χ1v) is 5.57. The zero-order valence-corrected chi connectivity index (χ0v) is 9.15. The fraction of sp³-hybridized carbons (Fsp3) is 0.583. The van der Waals surface area contributed by atoms with Crippen molar-refractivity contribution >= 4 is 0 Å². The van der Waals surface area contributed by atoms with Crippen molar-refractivity contribution in [2.24, 2.45) is 5.92 Å². The maximum atomic E-state index is 5.89. The molecule has 1 aromatic heterocycles. The lowest BCUT2D eigenvalue weighted by molar-refractivity contribution is -0.00660. The molecule has 82 valence electrons. The van der Waals surface area contributed by atoms with Crippen LogP contribution < -0.4 is 5.32 Å². The van der Waals surface area contributed by atoms with E-state index in [0.717, 1.165) is 13.1 Å². The summed E-state index contributed by atoms with van der Waals surface area (Å²) in [5.41, 5.74) is 1.20. The molecular weight excluding hydrogens is 188 g/mol. The molecule has 0 spiro atoms. The molecule has 0 amide bonds. The van der Waals surface area contributed by atoms with E-state index in [9.17, 15) is 0 Å². The highest BCUT2D eigenvalue weighted by Crippen LogP contribution is 2.16. The van der Waals surface area contributed by atoms with Crippen molar-refractivity contribution in [2.45, 2.75) is 26.1 Å². The minimum Gasteiger partial charge on any atom is -0.372 e. The quantitative estimate of drug-likeness (QED) is 0.815. The average Bonchev–Trinajstić information content (AvgIpc) is 2.29. The molecular formula is C12H18N2O. The molecule has 1 N–H and O–H groups in total. The van der Waals surface area contributed by atoms with Crippen LogP contribution in [0.2, 0.25) is 0 Å². The van der Waals surface area contributed by atoms with E-state index in [1.807, 2.05) is 12.1 Å². The molecule has 1 aliphatic rings. The number of aromatic nitrogens is 1. The summed E-state index contributed by atoms with van der Waals surface area (Å²) in [6, 6.07) is 4.00. The number of nitrogens with one attached hydrogen (secondary N) is 1. The van der Waals surface area contributed by atoms with Crippen molar-refractivity contribution in [3.05, 3.63) is 30.1 Å². The predicted octanol–water partition coefficient (Wildman–Crippen LogP) is 1.60. The molecule has 2 unspecified atom stereocenters. The fourth-order valence-corrected chi connectivity index (χ4v) is 1.87. The van der Waals surface area contributed by atoms with Crippen molar-refractivity contribution in [1.82, 2.24) is 10.3 Å². The summed E-state index contributed by atoms with van der Waals surface area (Å²) in [7, 11) is 0. The van der Waals surface area contributed by atoms with E-state index in [4.69, 9.17) is 4.74 Å². The summed E-state index contributed by atoms with van der Waals surface area (Å²) >= 11 is 0. The first-order chi connectivity index (χ1) is 7.36. The molecule has 1 saturated heterocycles. The Bertz CT molecular complexity index is 289. The Balaban J connectivity index is 1.82. The summed E-state index contributed by atoms with van der Waals surface area (Å²) in [5.74, 6) is 0.660. The predicted molar refractivity (Wildman–Crippen MR) is 59.5 cm³/mol. The minimum atomic E-state index is 0.354. The summed E-state index contributed by atoms with van der Waals surface area (Å²) < 4.78 is 5.89. The van der Waals surface area contributed by atoms with Crippen LogP contribution in [-0.4, -0.2) is 24.2 Å². The molecule has 1 aromatic rings. The summed E-state index contributed by atoms with van der Waals surface area (Å²) in [5, 5.41) is 3.36. The van der Waals surface area contributed by atoms with E-state index in [1.165, 1.54) is 12.0 Å². The molecule has 3 nitrogen and oxygen atoms in total. The van der Waals surface area contributed by atoms with Crippen molar-refractivity contribution in [2.75, 3.05) is 13.1 Å². The van der Waals surface area contributed by atoms with Crippen molar-refractivity contribution in [3.63, 3.8) is 0 Å². The average molecular weight is 206 g/mol. The highest BCUT2D eigenvalue weighted by molar-refractivity contribution is 5.08. The van der Waals surface area contributed by atoms with Crippen LogP contribution in [0.25, 0.3) is 0 Å². The lowest BCUT2D eigenvalue weighted by Gasteiger charge is -2.29. The van der Waals surface area contributed by atoms with Gasteiger partial charge in [-0.1, -0.05) is 6.92 Å². The molecule has 2 atom stereocenters. The Labute approximate surface area is 90.9 Å². The van der Waals surface area contributed by atoms with Crippen molar-refractivity contribution in [1.29, 1.82) is 0 Å². The van der Waals surface area contributed by atoms with Crippen LogP contribution in [0.15, 0.2) is 24.5 Å². The summed E-state index contributed by atoms with van der Waals surface area (Å²) in [4.78, 5) is 3.99. The van der Waals surface area contributed by atoms with Gasteiger partial charge in [0.25, 0.3) is 0 Å². The SMILES string of the molecule is CC1CCNCC1OCc1ccncc1. The molecule has 0 radical (unpaired) electrons. The molecule has 2 heterocycles. The van der Waals surface area contributed by atoms with Gasteiger partial charge in [-0.05, 0) is 36.6 Å². The second-order valence-corrected chi connectivity index (χ2v) is 4.18. The van der Waals surface area contributed by atoms with Crippen molar-refractivity contribution in [3.8, 4) is 0 Å². The van der Waals surface area contributed by atoms with E-state index in [1.54, 1.807) is 12.4 Å². The number of hydrogen-bond acceptors (Lipinski definition) is 3. The molecule has 0 saturated carbocycles. The number of rotatable bonds is 3. The molecule has 1 aliphatic heterocycles. The van der Waals surface area contributed by atoms with Gasteiger partial charge in [0.15, 0.2) is 0 Å². The molecule has 0 aromatic carbocycles. The Morgan fingerprint density at radius 1 is 1.47 bits per heavy atom. The first kappa shape index (κ1) is 10.6. The monoisotopic (exact) mass is 206 g/mol. The number of pyridine rings is 1. The number of hydrogen-bond donors (Lipinski definition) is 1. The van der Waals surface area contributed by atoms with E-state index in [0.29, 0.717) is 18.6 Å². The first-order valence-electron chi connectivity index (χ1n) is 5.57. The number of ether oxygens (including phenoxy) is 1. The maximum Gasteiger partial charge on any atom is 0.0729 e. The van der Waals surface area contributed by atoms with E-state index in [-0.39, 0.29) is 0 Å². The lowest BCUT2D eigenvalue weighted by atomic mass is 9.97. The molecule has 15 heavy (non-hydrogen) atoms. The van der Waals surface area contributed by atoms with Gasteiger partial charge in [-0.15, -0.1) is 0 Å². The van der Waals surface area contributed by atoms with Gasteiger partial charge in [-0.3, -0.25) is 4.98 Å². The van der Waals surface area contributed by atoms with Gasteiger partial charge in [0.1, 0.15) is 0 Å². The van der Waals surface area contributed by atoms with Crippen molar-refractivity contribution < 1.29 is 4.74 Å². The second-order valence-electron chi connectivity index (χ2n) is 4.18. The van der Waals surface area contributed by atoms with Crippen LogP contribution in [0.3, 0.4) is 0 Å². The van der Waals surface area contributed by atoms with Gasteiger partial charge < -0.3 is 10.1 Å². The van der Waals surface area contributed by atoms with Crippen LogP contribution in [0.1, 0.15) is 18.9 Å². The van der Waals surface area contributed by atoms with Gasteiger partial charge in [-0.2, -0.15) is 0 Å². The Morgan fingerprint density at radius 2 is 2.27 bits per heavy atom. The van der Waals surface area contributed by atoms with Crippen LogP contribution in [-0.2, 0) is 11.3 Å². The third-order valence-corrected chi connectivity index (χ3v) is 2.97. The normalized spacial score (nSPS) is 26.5. The van der Waals surface area contributed by atoms with Gasteiger partial charge in [0.05, 0.1) is 12.7 Å². The maximum absolute atomic E-state index is 5.89. The van der Waals surface area contributed by atoms with Crippen LogP contribution in [0.4, 0.5) is 0 Å². The summed E-state index contributed by atoms with van der Waals surface area (Å²) in [6.45, 7) is 5.06. The number of nitrogens with zero attached hydrogens (tertiary/aromatic N) is 1. The third-order valence-electron chi connectivity index (χ3n) is 2.97. The second kappa shape index (κ2) is 5.24. The lowest BCUT2D eigenvalue weighted by Crippen LogP contribution is -2.40. The zero-order valence-electron chi connectivity index (χ0n) is 9.15. The van der Waals surface area contributed by atoms with Crippen LogP contribution >= 0.6 is 0 Å². The Morgan fingerprint density at radius 3 is 3.00 bits per heavy atom. The van der Waals surface area contributed by atoms with Crippen LogP contribution in [0.5, 0.6) is 0 Å². The van der Waals surface area contributed by atoms with E-state index in [2.05, 4.69) is 17.2 Å². The fourth-order valence-electron chi connectivity index (χ4n) is 1.87. The van der Waals surface area contributed by atoms with Crippen LogP contribution in [0, 0.1) is 5.92 Å². The molecule has 2 rings (SSSR count). The molecule has 3 heteroatoms. The Hall–Kier alpha value is -0.930. The Kier molecular flexibility index (Phi) is 3.69. The van der Waals surface area contributed by atoms with Gasteiger partial charge in [0.2, 0.25) is 0 Å². The van der Waals surface area contributed by atoms with Gasteiger partial charge in [0, 0.05) is 18.9 Å². The third kappa shape index (κ3) is 3.01. The van der Waals surface area contributed by atoms with E-state index >= 15 is 0 Å². The standard InChI is InChI=1S/C12H18N2O/c1-10-2-5-14-8-12(10)15-9-11-3-6-13-7-4-11/h3-4,6-7,10,12,14H,2,5,8-9H2,1H3. The molecule has 0 bridgehead atoms. The molecule has 0 aliphatic carbocycles. The van der Waals surface area contributed by atoms with E-state index < -0.39 is 0 Å². The largest absolute Gasteiger partial charge is 0.372 e. The topological polar surface area (TPSA) is 34.1 Å². The highest BCUT2D eigenvalue weighted by atomic mass is 16.5. The minimum absolute atomic E-state index is 0.354. The zero-order chi connectivity index (χ0) is 10.5.